The number of nitrogens with two attached hydrogens (primary N) is 1. The van der Waals surface area contributed by atoms with Gasteiger partial charge in [0.25, 0.3) is 11.8 Å². The molecular formula is C16H22N6O2. The number of aryl methyl sites for hydroxylation is 2. The molecule has 0 radical (unpaired) electrons. The van der Waals surface area contributed by atoms with Crippen molar-refractivity contribution >= 4 is 11.8 Å². The van der Waals surface area contributed by atoms with Crippen LogP contribution in [0.15, 0.2) is 6.07 Å². The number of H-pyrrole nitrogens is 1. The first kappa shape index (κ1) is 16.2. The largest absolute Gasteiger partial charge is 0.364 e. The van der Waals surface area contributed by atoms with Crippen molar-refractivity contribution in [3.05, 3.63) is 34.4 Å². The number of nitrogens with zero attached hydrogens (tertiary/aromatic N) is 4. The minimum Gasteiger partial charge on any atom is -0.364 e. The minimum atomic E-state index is -0.535. The van der Waals surface area contributed by atoms with Gasteiger partial charge in [-0.05, 0) is 32.8 Å². The molecule has 0 aromatic carbocycles. The number of amides is 2. The third-order valence-electron chi connectivity index (χ3n) is 4.80. The van der Waals surface area contributed by atoms with Gasteiger partial charge >= 0.3 is 0 Å². The van der Waals surface area contributed by atoms with E-state index in [-0.39, 0.29) is 17.5 Å². The van der Waals surface area contributed by atoms with Crippen LogP contribution in [0.4, 0.5) is 0 Å². The lowest BCUT2D eigenvalue weighted by Gasteiger charge is -2.31. The average molecular weight is 330 g/mol. The molecule has 0 atom stereocenters. The van der Waals surface area contributed by atoms with Gasteiger partial charge in [-0.1, -0.05) is 0 Å². The van der Waals surface area contributed by atoms with Gasteiger partial charge in [-0.2, -0.15) is 10.2 Å². The molecule has 3 N–H and O–H groups in total. The Morgan fingerprint density at radius 3 is 2.46 bits per heavy atom. The zero-order chi connectivity index (χ0) is 17.4. The molecule has 8 heteroatoms. The molecule has 8 nitrogen and oxygen atoms in total. The number of rotatable bonds is 3. The molecule has 0 unspecified atom stereocenters. The first-order chi connectivity index (χ1) is 11.4. The fourth-order valence-electron chi connectivity index (χ4n) is 3.31. The molecule has 2 aromatic rings. The van der Waals surface area contributed by atoms with Gasteiger partial charge in [-0.15, -0.1) is 0 Å². The molecule has 0 bridgehead atoms. The normalized spacial score (nSPS) is 15.7. The van der Waals surface area contributed by atoms with Gasteiger partial charge in [-0.3, -0.25) is 19.4 Å². The van der Waals surface area contributed by atoms with E-state index in [9.17, 15) is 9.59 Å². The van der Waals surface area contributed by atoms with Gasteiger partial charge in [0.2, 0.25) is 0 Å². The zero-order valence-corrected chi connectivity index (χ0v) is 14.2. The molecule has 1 aliphatic heterocycles. The molecule has 1 fully saturated rings. The molecule has 0 aliphatic carbocycles. The van der Waals surface area contributed by atoms with E-state index < -0.39 is 5.91 Å². The van der Waals surface area contributed by atoms with Gasteiger partial charge in [0.1, 0.15) is 5.69 Å². The van der Waals surface area contributed by atoms with Crippen LogP contribution in [0.5, 0.6) is 0 Å². The molecule has 24 heavy (non-hydrogen) atoms. The van der Waals surface area contributed by atoms with Crippen molar-refractivity contribution in [1.82, 2.24) is 24.9 Å². The van der Waals surface area contributed by atoms with Crippen molar-refractivity contribution < 1.29 is 9.59 Å². The zero-order valence-electron chi connectivity index (χ0n) is 14.2. The van der Waals surface area contributed by atoms with E-state index in [0.717, 1.165) is 29.9 Å². The molecule has 1 aliphatic rings. The fraction of sp³-hybridized carbons (Fsp3) is 0.500. The second-order valence-electron chi connectivity index (χ2n) is 6.31. The monoisotopic (exact) mass is 330 g/mol. The van der Waals surface area contributed by atoms with Crippen LogP contribution in [-0.2, 0) is 7.05 Å². The number of hydrogen-bond donors (Lipinski definition) is 2. The Bertz CT molecular complexity index is 783. The smallest absolute Gasteiger partial charge is 0.269 e. The summed E-state index contributed by atoms with van der Waals surface area (Å²) in [4.78, 5) is 25.8. The van der Waals surface area contributed by atoms with Crippen molar-refractivity contribution in [1.29, 1.82) is 0 Å². The Labute approximate surface area is 140 Å². The van der Waals surface area contributed by atoms with Crippen LogP contribution in [-0.4, -0.2) is 49.8 Å². The maximum Gasteiger partial charge on any atom is 0.269 e. The Kier molecular flexibility index (Phi) is 4.13. The van der Waals surface area contributed by atoms with Gasteiger partial charge in [0, 0.05) is 37.4 Å². The predicted octanol–water partition coefficient (Wildman–Crippen LogP) is 0.879. The Morgan fingerprint density at radius 2 is 1.96 bits per heavy atom. The maximum absolute atomic E-state index is 12.8. The number of likely N-dealkylation sites (tertiary alicyclic amines) is 1. The highest BCUT2D eigenvalue weighted by Gasteiger charge is 2.28. The molecule has 1 saturated heterocycles. The average Bonchev–Trinajstić information content (AvgIpc) is 3.13. The number of primary amides is 1. The number of nitrogens with one attached hydrogen (secondary N) is 1. The lowest BCUT2D eigenvalue weighted by Crippen LogP contribution is -2.38. The van der Waals surface area contributed by atoms with E-state index in [1.54, 1.807) is 10.7 Å². The Morgan fingerprint density at radius 1 is 1.29 bits per heavy atom. The van der Waals surface area contributed by atoms with Crippen molar-refractivity contribution in [3.8, 4) is 0 Å². The summed E-state index contributed by atoms with van der Waals surface area (Å²) in [5.74, 6) is -0.239. The summed E-state index contributed by atoms with van der Waals surface area (Å²) in [5.41, 5.74) is 8.75. The van der Waals surface area contributed by atoms with Gasteiger partial charge in [-0.25, -0.2) is 0 Å². The van der Waals surface area contributed by atoms with Crippen LogP contribution in [0.3, 0.4) is 0 Å². The van der Waals surface area contributed by atoms with Crippen molar-refractivity contribution in [2.75, 3.05) is 13.1 Å². The van der Waals surface area contributed by atoms with Gasteiger partial charge in [0.15, 0.2) is 0 Å². The highest BCUT2D eigenvalue weighted by atomic mass is 16.2. The topological polar surface area (TPSA) is 110 Å². The van der Waals surface area contributed by atoms with E-state index in [2.05, 4.69) is 15.3 Å². The highest BCUT2D eigenvalue weighted by Crippen LogP contribution is 2.28. The van der Waals surface area contributed by atoms with E-state index in [4.69, 9.17) is 5.73 Å². The Balaban J connectivity index is 1.68. The van der Waals surface area contributed by atoms with Crippen LogP contribution < -0.4 is 5.73 Å². The predicted molar refractivity (Wildman–Crippen MR) is 87.7 cm³/mol. The van der Waals surface area contributed by atoms with Crippen LogP contribution in [0, 0.1) is 13.8 Å². The van der Waals surface area contributed by atoms with E-state index >= 15 is 0 Å². The molecule has 2 aromatic heterocycles. The fourth-order valence-corrected chi connectivity index (χ4v) is 3.31. The summed E-state index contributed by atoms with van der Waals surface area (Å²) < 4.78 is 1.74. The lowest BCUT2D eigenvalue weighted by molar-refractivity contribution is 0.0710. The third kappa shape index (κ3) is 2.79. The highest BCUT2D eigenvalue weighted by molar-refractivity contribution is 5.96. The molecule has 0 saturated carbocycles. The van der Waals surface area contributed by atoms with Crippen LogP contribution in [0.2, 0.25) is 0 Å². The molecule has 128 valence electrons. The molecule has 2 amide bonds. The SMILES string of the molecule is Cc1nn(C)c(C)c1C(=O)N1CCC(c2cc(C(N)=O)n[nH]2)CC1. The van der Waals surface area contributed by atoms with Crippen LogP contribution in [0.1, 0.15) is 56.7 Å². The first-order valence-electron chi connectivity index (χ1n) is 8.03. The number of aromatic amines is 1. The van der Waals surface area contributed by atoms with E-state index in [0.29, 0.717) is 18.7 Å². The summed E-state index contributed by atoms with van der Waals surface area (Å²) in [6, 6.07) is 1.71. The summed E-state index contributed by atoms with van der Waals surface area (Å²) in [7, 11) is 1.85. The van der Waals surface area contributed by atoms with Crippen molar-refractivity contribution in [2.24, 2.45) is 12.8 Å². The molecule has 0 spiro atoms. The van der Waals surface area contributed by atoms with Gasteiger partial charge < -0.3 is 10.6 Å². The standard InChI is InChI=1S/C16H22N6O2/c1-9-14(10(2)21(3)20-9)16(24)22-6-4-11(5-7-22)12-8-13(15(17)23)19-18-12/h8,11H,4-7H2,1-3H3,(H2,17,23)(H,18,19). The number of piperidine rings is 1. The molecule has 3 rings (SSSR count). The van der Waals surface area contributed by atoms with E-state index in [1.165, 1.54) is 0 Å². The first-order valence-corrected chi connectivity index (χ1v) is 8.03. The summed E-state index contributed by atoms with van der Waals surface area (Å²) in [5, 5.41) is 11.1. The second kappa shape index (κ2) is 6.10. The van der Waals surface area contributed by atoms with Crippen molar-refractivity contribution in [2.45, 2.75) is 32.6 Å². The summed E-state index contributed by atoms with van der Waals surface area (Å²) in [6.07, 6.45) is 1.65. The van der Waals surface area contributed by atoms with Gasteiger partial charge in [0.05, 0.1) is 11.3 Å². The maximum atomic E-state index is 12.8. The summed E-state index contributed by atoms with van der Waals surface area (Å²) >= 11 is 0. The number of carbonyl (C=O) groups is 2. The molecule has 3 heterocycles. The second-order valence-corrected chi connectivity index (χ2v) is 6.31. The number of hydrogen-bond acceptors (Lipinski definition) is 4. The number of aromatic nitrogens is 4. The van der Waals surface area contributed by atoms with Crippen LogP contribution in [0.25, 0.3) is 0 Å². The number of carbonyl (C=O) groups excluding carboxylic acids is 2. The Hall–Kier alpha value is -2.64. The van der Waals surface area contributed by atoms with E-state index in [1.807, 2.05) is 25.8 Å². The van der Waals surface area contributed by atoms with Crippen molar-refractivity contribution in [3.63, 3.8) is 0 Å². The van der Waals surface area contributed by atoms with Crippen LogP contribution >= 0.6 is 0 Å². The molecular weight excluding hydrogens is 308 g/mol. The quantitative estimate of drug-likeness (QED) is 0.870. The minimum absolute atomic E-state index is 0.0407. The lowest BCUT2D eigenvalue weighted by atomic mass is 9.93. The third-order valence-corrected chi connectivity index (χ3v) is 4.80. The summed E-state index contributed by atoms with van der Waals surface area (Å²) in [6.45, 7) is 5.11.